The van der Waals surface area contributed by atoms with Gasteiger partial charge >= 0.3 is 0 Å². The summed E-state index contributed by atoms with van der Waals surface area (Å²) in [5.41, 5.74) is 1.52. The Morgan fingerprint density at radius 1 is 0.867 bits per heavy atom. The molecular weight excluding hydrogens is 384 g/mol. The van der Waals surface area contributed by atoms with E-state index in [1.54, 1.807) is 54.6 Å². The molecule has 0 spiro atoms. The van der Waals surface area contributed by atoms with E-state index in [1.165, 1.54) is 18.2 Å². The van der Waals surface area contributed by atoms with Gasteiger partial charge in [0.05, 0.1) is 21.7 Å². The first kappa shape index (κ1) is 18.9. The van der Waals surface area contributed by atoms with Crippen LogP contribution in [0.25, 0.3) is 6.08 Å². The third-order valence-electron chi connectivity index (χ3n) is 4.72. The summed E-state index contributed by atoms with van der Waals surface area (Å²) in [7, 11) is 0. The first-order chi connectivity index (χ1) is 14.5. The van der Waals surface area contributed by atoms with Crippen molar-refractivity contribution in [2.75, 3.05) is 4.90 Å². The predicted octanol–water partition coefficient (Wildman–Crippen LogP) is 4.29. The summed E-state index contributed by atoms with van der Waals surface area (Å²) in [6.45, 7) is 0. The minimum atomic E-state index is -0.613. The normalized spacial score (nSPS) is 13.0. The maximum atomic E-state index is 12.7. The van der Waals surface area contributed by atoms with Crippen molar-refractivity contribution in [3.05, 3.63) is 111 Å². The number of non-ortho nitro benzene ring substituents is 1. The van der Waals surface area contributed by atoms with Gasteiger partial charge in [-0.15, -0.1) is 0 Å². The highest BCUT2D eigenvalue weighted by molar-refractivity contribution is 6.34. The van der Waals surface area contributed by atoms with Gasteiger partial charge in [-0.2, -0.15) is 0 Å². The van der Waals surface area contributed by atoms with Gasteiger partial charge in [-0.3, -0.25) is 24.5 Å². The molecule has 30 heavy (non-hydrogen) atoms. The summed E-state index contributed by atoms with van der Waals surface area (Å²) < 4.78 is 0. The lowest BCUT2D eigenvalue weighted by atomic mass is 10.1. The molecule has 0 saturated carbocycles. The van der Waals surface area contributed by atoms with Crippen LogP contribution in [-0.4, -0.2) is 22.5 Å². The van der Waals surface area contributed by atoms with E-state index in [4.69, 9.17) is 0 Å². The first-order valence-electron chi connectivity index (χ1n) is 9.00. The molecule has 4 rings (SSSR count). The zero-order valence-electron chi connectivity index (χ0n) is 15.5. The Morgan fingerprint density at radius 2 is 1.53 bits per heavy atom. The van der Waals surface area contributed by atoms with Crippen LogP contribution in [0.2, 0.25) is 0 Å². The Hall–Kier alpha value is -4.39. The Bertz CT molecular complexity index is 1210. The van der Waals surface area contributed by atoms with Gasteiger partial charge in [0.25, 0.3) is 17.5 Å². The van der Waals surface area contributed by atoms with Crippen molar-refractivity contribution in [1.82, 2.24) is 0 Å². The zero-order chi connectivity index (χ0) is 21.3. The lowest BCUT2D eigenvalue weighted by molar-refractivity contribution is -0.384. The van der Waals surface area contributed by atoms with Crippen molar-refractivity contribution < 1.29 is 19.3 Å². The third kappa shape index (κ3) is 3.40. The van der Waals surface area contributed by atoms with Crippen LogP contribution in [0.5, 0.6) is 0 Å². The number of nitro groups is 1. The molecule has 2 amide bonds. The highest BCUT2D eigenvalue weighted by atomic mass is 16.6. The van der Waals surface area contributed by atoms with Crippen LogP contribution in [0.3, 0.4) is 0 Å². The summed E-state index contributed by atoms with van der Waals surface area (Å²) >= 11 is 0. The number of imide groups is 1. The quantitative estimate of drug-likeness (QED) is 0.210. The number of nitrogens with zero attached hydrogens (tertiary/aromatic N) is 2. The van der Waals surface area contributed by atoms with E-state index < -0.39 is 16.7 Å². The van der Waals surface area contributed by atoms with Crippen LogP contribution in [-0.2, 0) is 0 Å². The molecular formula is C23H14N2O5. The Labute approximate surface area is 171 Å². The van der Waals surface area contributed by atoms with Crippen molar-refractivity contribution in [2.45, 2.75) is 0 Å². The minimum absolute atomic E-state index is 0.00614. The minimum Gasteiger partial charge on any atom is -0.289 e. The molecule has 0 unspecified atom stereocenters. The molecule has 0 saturated heterocycles. The maximum absolute atomic E-state index is 12.7. The molecule has 0 radical (unpaired) electrons. The number of allylic oxidation sites excluding steroid dienone is 1. The molecule has 1 aliphatic rings. The monoisotopic (exact) mass is 398 g/mol. The van der Waals surface area contributed by atoms with Crippen molar-refractivity contribution >= 4 is 35.0 Å². The summed E-state index contributed by atoms with van der Waals surface area (Å²) in [5, 5.41) is 10.9. The van der Waals surface area contributed by atoms with Gasteiger partial charge in [-0.25, -0.2) is 4.90 Å². The number of nitro benzene ring substituents is 1. The Morgan fingerprint density at radius 3 is 2.20 bits per heavy atom. The largest absolute Gasteiger partial charge is 0.289 e. The van der Waals surface area contributed by atoms with Gasteiger partial charge in [0.15, 0.2) is 5.78 Å². The Balaban J connectivity index is 1.55. The lowest BCUT2D eigenvalue weighted by Gasteiger charge is -2.13. The number of amides is 2. The number of ketones is 1. The predicted molar refractivity (Wildman–Crippen MR) is 110 cm³/mol. The number of fused-ring (bicyclic) bond motifs is 1. The average Bonchev–Trinajstić information content (AvgIpc) is 3.02. The molecule has 1 heterocycles. The second-order valence-corrected chi connectivity index (χ2v) is 6.59. The number of hydrogen-bond donors (Lipinski definition) is 0. The Kier molecular flexibility index (Phi) is 4.77. The van der Waals surface area contributed by atoms with Crippen molar-refractivity contribution in [1.29, 1.82) is 0 Å². The lowest BCUT2D eigenvalue weighted by Crippen LogP contribution is -2.29. The van der Waals surface area contributed by atoms with Crippen molar-refractivity contribution in [3.63, 3.8) is 0 Å². The van der Waals surface area contributed by atoms with Crippen LogP contribution in [0.1, 0.15) is 36.6 Å². The third-order valence-corrected chi connectivity index (χ3v) is 4.72. The fourth-order valence-corrected chi connectivity index (χ4v) is 3.18. The van der Waals surface area contributed by atoms with Gasteiger partial charge in [0, 0.05) is 17.7 Å². The van der Waals surface area contributed by atoms with E-state index in [0.717, 1.165) is 16.5 Å². The molecule has 0 atom stereocenters. The molecule has 3 aromatic carbocycles. The van der Waals surface area contributed by atoms with Gasteiger partial charge < -0.3 is 0 Å². The van der Waals surface area contributed by atoms with Crippen LogP contribution in [0.15, 0.2) is 78.9 Å². The maximum Gasteiger partial charge on any atom is 0.270 e. The van der Waals surface area contributed by atoms with Gasteiger partial charge in [0.1, 0.15) is 0 Å². The SMILES string of the molecule is O=C(C=Cc1ccc(N2C(=O)c3ccc([N+](=O)[O-])cc3C2=O)cc1)c1ccccc1. The molecule has 0 aromatic heterocycles. The summed E-state index contributed by atoms with van der Waals surface area (Å²) in [6.07, 6.45) is 3.09. The number of benzene rings is 3. The van der Waals surface area contributed by atoms with E-state index in [-0.39, 0.29) is 22.6 Å². The molecule has 0 fully saturated rings. The van der Waals surface area contributed by atoms with Gasteiger partial charge in [0.2, 0.25) is 0 Å². The molecule has 7 nitrogen and oxygen atoms in total. The number of hydrogen-bond acceptors (Lipinski definition) is 5. The molecule has 0 bridgehead atoms. The van der Waals surface area contributed by atoms with E-state index in [1.807, 2.05) is 6.07 Å². The van der Waals surface area contributed by atoms with Crippen LogP contribution >= 0.6 is 0 Å². The second-order valence-electron chi connectivity index (χ2n) is 6.59. The summed E-state index contributed by atoms with van der Waals surface area (Å²) in [5.74, 6) is -1.28. The number of rotatable bonds is 5. The highest BCUT2D eigenvalue weighted by Gasteiger charge is 2.37. The molecule has 1 aliphatic heterocycles. The van der Waals surface area contributed by atoms with Crippen LogP contribution in [0, 0.1) is 10.1 Å². The van der Waals surface area contributed by atoms with Crippen LogP contribution < -0.4 is 4.90 Å². The van der Waals surface area contributed by atoms with E-state index in [0.29, 0.717) is 11.3 Å². The molecule has 146 valence electrons. The fourth-order valence-electron chi connectivity index (χ4n) is 3.18. The topological polar surface area (TPSA) is 97.6 Å². The number of carbonyl (C=O) groups excluding carboxylic acids is 3. The molecule has 0 aliphatic carbocycles. The zero-order valence-corrected chi connectivity index (χ0v) is 15.5. The van der Waals surface area contributed by atoms with E-state index in [2.05, 4.69) is 0 Å². The smallest absolute Gasteiger partial charge is 0.270 e. The van der Waals surface area contributed by atoms with E-state index in [9.17, 15) is 24.5 Å². The number of carbonyl (C=O) groups is 3. The van der Waals surface area contributed by atoms with E-state index >= 15 is 0 Å². The van der Waals surface area contributed by atoms with Gasteiger partial charge in [-0.05, 0) is 29.8 Å². The molecule has 7 heteroatoms. The standard InChI is InChI=1S/C23H14N2O5/c26-21(16-4-2-1-3-5-16)13-8-15-6-9-17(10-7-15)24-22(27)19-12-11-18(25(29)30)14-20(19)23(24)28/h1-14H. The fraction of sp³-hybridized carbons (Fsp3) is 0. The molecule has 0 N–H and O–H groups in total. The summed E-state index contributed by atoms with van der Waals surface area (Å²) in [6, 6.07) is 19.0. The van der Waals surface area contributed by atoms with Crippen molar-refractivity contribution in [3.8, 4) is 0 Å². The highest BCUT2D eigenvalue weighted by Crippen LogP contribution is 2.31. The van der Waals surface area contributed by atoms with Crippen molar-refractivity contribution in [2.24, 2.45) is 0 Å². The number of anilines is 1. The average molecular weight is 398 g/mol. The first-order valence-corrected chi connectivity index (χ1v) is 9.00. The second kappa shape index (κ2) is 7.56. The summed E-state index contributed by atoms with van der Waals surface area (Å²) in [4.78, 5) is 48.7. The molecule has 3 aromatic rings. The van der Waals surface area contributed by atoms with Crippen LogP contribution in [0.4, 0.5) is 11.4 Å². The van der Waals surface area contributed by atoms with Gasteiger partial charge in [-0.1, -0.05) is 48.5 Å².